The molecule has 0 bridgehead atoms. The Labute approximate surface area is 123 Å². The van der Waals surface area contributed by atoms with Gasteiger partial charge in [-0.1, -0.05) is 13.8 Å². The van der Waals surface area contributed by atoms with Crippen molar-refractivity contribution in [3.63, 3.8) is 0 Å². The number of hydrogen-bond donors (Lipinski definition) is 3. The second-order valence-corrected chi connectivity index (χ2v) is 5.90. The highest BCUT2D eigenvalue weighted by Gasteiger charge is 2.20. The number of thiophene rings is 1. The van der Waals surface area contributed by atoms with Crippen LogP contribution in [-0.4, -0.2) is 24.9 Å². The average Bonchev–Trinajstić information content (AvgIpc) is 2.78. The molecule has 1 rings (SSSR count). The van der Waals surface area contributed by atoms with Crippen LogP contribution in [0.5, 0.6) is 0 Å². The van der Waals surface area contributed by atoms with Crippen LogP contribution in [0.1, 0.15) is 41.9 Å². The molecule has 0 aliphatic heterocycles. The molecule has 6 heteroatoms. The number of anilines is 1. The van der Waals surface area contributed by atoms with Crippen molar-refractivity contribution in [2.75, 3.05) is 18.4 Å². The highest BCUT2D eigenvalue weighted by atomic mass is 32.1. The summed E-state index contributed by atoms with van der Waals surface area (Å²) >= 11 is 1.42. The van der Waals surface area contributed by atoms with Gasteiger partial charge in [0.2, 0.25) is 5.91 Å². The summed E-state index contributed by atoms with van der Waals surface area (Å²) in [5, 5.41) is 6.22. The van der Waals surface area contributed by atoms with E-state index in [0.29, 0.717) is 23.7 Å². The Kier molecular flexibility index (Phi) is 6.67. The van der Waals surface area contributed by atoms with Gasteiger partial charge in [0.1, 0.15) is 5.00 Å². The van der Waals surface area contributed by atoms with Gasteiger partial charge < -0.3 is 16.4 Å². The van der Waals surface area contributed by atoms with Crippen molar-refractivity contribution in [1.29, 1.82) is 0 Å². The number of amides is 2. The average molecular weight is 297 g/mol. The Morgan fingerprint density at radius 1 is 1.35 bits per heavy atom. The molecule has 1 heterocycles. The van der Waals surface area contributed by atoms with Gasteiger partial charge in [0.05, 0.1) is 5.56 Å². The van der Waals surface area contributed by atoms with Crippen LogP contribution in [0, 0.1) is 12.8 Å². The molecule has 20 heavy (non-hydrogen) atoms. The predicted molar refractivity (Wildman–Crippen MR) is 83.1 cm³/mol. The van der Waals surface area contributed by atoms with Crippen LogP contribution in [0.2, 0.25) is 0 Å². The summed E-state index contributed by atoms with van der Waals surface area (Å²) in [6, 6.07) is 1.79. The fourth-order valence-corrected chi connectivity index (χ4v) is 2.84. The van der Waals surface area contributed by atoms with Gasteiger partial charge in [-0.2, -0.15) is 0 Å². The molecule has 0 unspecified atom stereocenters. The van der Waals surface area contributed by atoms with Crippen LogP contribution in [0.4, 0.5) is 5.00 Å². The lowest BCUT2D eigenvalue weighted by atomic mass is 10.0. The predicted octanol–water partition coefficient (Wildman–Crippen LogP) is 2.12. The standard InChI is InChI=1S/C14H23N3O2S/c1-4-10(5-2)12(18)17-14-11(8-9(3)20-14)13(19)16-7-6-15/h8,10H,4-7,15H2,1-3H3,(H,16,19)(H,17,18). The Balaban J connectivity index is 2.85. The molecule has 0 aromatic carbocycles. The van der Waals surface area contributed by atoms with Gasteiger partial charge in [0.15, 0.2) is 0 Å². The second-order valence-electron chi connectivity index (χ2n) is 4.65. The van der Waals surface area contributed by atoms with Crippen molar-refractivity contribution in [1.82, 2.24) is 5.32 Å². The van der Waals surface area contributed by atoms with E-state index < -0.39 is 0 Å². The Morgan fingerprint density at radius 3 is 2.55 bits per heavy atom. The van der Waals surface area contributed by atoms with Gasteiger partial charge in [-0.15, -0.1) is 11.3 Å². The topological polar surface area (TPSA) is 84.2 Å². The van der Waals surface area contributed by atoms with Crippen molar-refractivity contribution < 1.29 is 9.59 Å². The molecule has 2 amide bonds. The lowest BCUT2D eigenvalue weighted by molar-refractivity contribution is -0.120. The molecule has 0 radical (unpaired) electrons. The summed E-state index contributed by atoms with van der Waals surface area (Å²) in [7, 11) is 0. The smallest absolute Gasteiger partial charge is 0.254 e. The maximum Gasteiger partial charge on any atom is 0.254 e. The van der Waals surface area contributed by atoms with Crippen LogP contribution in [-0.2, 0) is 4.79 Å². The molecule has 0 spiro atoms. The van der Waals surface area contributed by atoms with E-state index in [0.717, 1.165) is 17.7 Å². The van der Waals surface area contributed by atoms with Crippen LogP contribution in [0.3, 0.4) is 0 Å². The molecule has 0 saturated carbocycles. The van der Waals surface area contributed by atoms with E-state index >= 15 is 0 Å². The number of carbonyl (C=O) groups excluding carboxylic acids is 2. The first kappa shape index (κ1) is 16.7. The van der Waals surface area contributed by atoms with E-state index in [1.165, 1.54) is 11.3 Å². The summed E-state index contributed by atoms with van der Waals surface area (Å²) in [4.78, 5) is 25.1. The monoisotopic (exact) mass is 297 g/mol. The van der Waals surface area contributed by atoms with E-state index in [1.807, 2.05) is 20.8 Å². The van der Waals surface area contributed by atoms with Gasteiger partial charge >= 0.3 is 0 Å². The van der Waals surface area contributed by atoms with Gasteiger partial charge in [0, 0.05) is 23.9 Å². The first-order chi connectivity index (χ1) is 9.53. The molecule has 0 fully saturated rings. The molecule has 4 N–H and O–H groups in total. The summed E-state index contributed by atoms with van der Waals surface area (Å²) in [6.07, 6.45) is 1.59. The summed E-state index contributed by atoms with van der Waals surface area (Å²) < 4.78 is 0. The van der Waals surface area contributed by atoms with Crippen molar-refractivity contribution in [3.8, 4) is 0 Å². The van der Waals surface area contributed by atoms with Crippen LogP contribution in [0.15, 0.2) is 6.07 Å². The molecular formula is C14H23N3O2S. The summed E-state index contributed by atoms with van der Waals surface area (Å²) in [6.45, 7) is 6.71. The normalized spacial score (nSPS) is 10.7. The molecule has 1 aromatic rings. The van der Waals surface area contributed by atoms with Crippen molar-refractivity contribution in [2.45, 2.75) is 33.6 Å². The molecule has 112 valence electrons. The zero-order valence-electron chi connectivity index (χ0n) is 12.3. The quantitative estimate of drug-likeness (QED) is 0.720. The number of nitrogens with one attached hydrogen (secondary N) is 2. The van der Waals surface area contributed by atoms with Crippen LogP contribution >= 0.6 is 11.3 Å². The zero-order chi connectivity index (χ0) is 15.1. The Morgan fingerprint density at radius 2 is 2.00 bits per heavy atom. The lowest BCUT2D eigenvalue weighted by Crippen LogP contribution is -2.30. The zero-order valence-corrected chi connectivity index (χ0v) is 13.1. The van der Waals surface area contributed by atoms with E-state index in [9.17, 15) is 9.59 Å². The Hall–Kier alpha value is -1.40. The lowest BCUT2D eigenvalue weighted by Gasteiger charge is -2.12. The first-order valence-corrected chi connectivity index (χ1v) is 7.74. The fourth-order valence-electron chi connectivity index (χ4n) is 1.93. The summed E-state index contributed by atoms with van der Waals surface area (Å²) in [5.74, 6) is -0.235. The minimum Gasteiger partial charge on any atom is -0.351 e. The van der Waals surface area contributed by atoms with E-state index in [2.05, 4.69) is 10.6 Å². The van der Waals surface area contributed by atoms with Gasteiger partial charge in [-0.05, 0) is 25.8 Å². The largest absolute Gasteiger partial charge is 0.351 e. The number of rotatable bonds is 7. The number of carbonyl (C=O) groups is 2. The van der Waals surface area contributed by atoms with Gasteiger partial charge in [0.25, 0.3) is 5.91 Å². The fraction of sp³-hybridized carbons (Fsp3) is 0.571. The van der Waals surface area contributed by atoms with Crippen LogP contribution < -0.4 is 16.4 Å². The van der Waals surface area contributed by atoms with Gasteiger partial charge in [-0.3, -0.25) is 9.59 Å². The maximum absolute atomic E-state index is 12.1. The minimum atomic E-state index is -0.195. The third-order valence-electron chi connectivity index (χ3n) is 3.12. The minimum absolute atomic E-state index is 0.0163. The van der Waals surface area contributed by atoms with Crippen molar-refractivity contribution in [3.05, 3.63) is 16.5 Å². The van der Waals surface area contributed by atoms with E-state index in [4.69, 9.17) is 5.73 Å². The molecule has 0 aliphatic carbocycles. The Bertz CT molecular complexity index is 467. The number of nitrogens with two attached hydrogens (primary N) is 1. The molecule has 0 aliphatic rings. The highest BCUT2D eigenvalue weighted by Crippen LogP contribution is 2.28. The molecule has 5 nitrogen and oxygen atoms in total. The van der Waals surface area contributed by atoms with Crippen molar-refractivity contribution in [2.24, 2.45) is 11.7 Å². The summed E-state index contributed by atoms with van der Waals surface area (Å²) in [5.41, 5.74) is 5.89. The third kappa shape index (κ3) is 4.31. The molecule has 0 saturated heterocycles. The van der Waals surface area contributed by atoms with Crippen LogP contribution in [0.25, 0.3) is 0 Å². The van der Waals surface area contributed by atoms with E-state index in [1.54, 1.807) is 6.07 Å². The van der Waals surface area contributed by atoms with Crippen molar-refractivity contribution >= 4 is 28.2 Å². The molecular weight excluding hydrogens is 274 g/mol. The highest BCUT2D eigenvalue weighted by molar-refractivity contribution is 7.16. The maximum atomic E-state index is 12.1. The third-order valence-corrected chi connectivity index (χ3v) is 4.09. The number of aryl methyl sites for hydroxylation is 1. The SMILES string of the molecule is CCC(CC)C(=O)Nc1sc(C)cc1C(=O)NCCN. The number of hydrogen-bond acceptors (Lipinski definition) is 4. The van der Waals surface area contributed by atoms with E-state index in [-0.39, 0.29) is 17.7 Å². The molecule has 0 atom stereocenters. The molecule has 1 aromatic heterocycles. The first-order valence-electron chi connectivity index (χ1n) is 6.93. The van der Waals surface area contributed by atoms with Gasteiger partial charge in [-0.25, -0.2) is 0 Å². The second kappa shape index (κ2) is 8.01.